The van der Waals surface area contributed by atoms with E-state index >= 15 is 0 Å². The molecule has 0 heterocycles. The van der Waals surface area contributed by atoms with Crippen LogP contribution in [0.3, 0.4) is 0 Å². The third kappa shape index (κ3) is 6.08. The van der Waals surface area contributed by atoms with Crippen LogP contribution in [-0.2, 0) is 14.3 Å². The summed E-state index contributed by atoms with van der Waals surface area (Å²) in [4.78, 5) is 21.7. The first-order valence-electron chi connectivity index (χ1n) is 4.41. The van der Waals surface area contributed by atoms with Gasteiger partial charge in [0.15, 0.2) is 5.78 Å². The molecule has 1 atom stereocenters. The van der Waals surface area contributed by atoms with E-state index in [-0.39, 0.29) is 12.2 Å². The maximum atomic E-state index is 10.9. The van der Waals surface area contributed by atoms with Crippen LogP contribution in [0.5, 0.6) is 0 Å². The van der Waals surface area contributed by atoms with E-state index in [1.165, 1.54) is 0 Å². The highest BCUT2D eigenvalue weighted by atomic mass is 16.5. The molecule has 0 saturated carbocycles. The van der Waals surface area contributed by atoms with Gasteiger partial charge in [-0.15, -0.1) is 0 Å². The third-order valence-corrected chi connectivity index (χ3v) is 1.77. The number of allylic oxidation sites excluding steroid dienone is 1. The SMILES string of the molecule is C=CC(=O)CC(=O)OCC(C)CC. The number of rotatable bonds is 6. The number of carbonyl (C=O) groups is 2. The van der Waals surface area contributed by atoms with Crippen LogP contribution >= 0.6 is 0 Å². The van der Waals surface area contributed by atoms with Crippen molar-refractivity contribution in [3.8, 4) is 0 Å². The second-order valence-electron chi connectivity index (χ2n) is 3.04. The summed E-state index contributed by atoms with van der Waals surface area (Å²) >= 11 is 0. The van der Waals surface area contributed by atoms with Crippen LogP contribution in [0.15, 0.2) is 12.7 Å². The van der Waals surface area contributed by atoms with Crippen LogP contribution in [0.1, 0.15) is 26.7 Å². The van der Waals surface area contributed by atoms with Gasteiger partial charge in [-0.2, -0.15) is 0 Å². The molecule has 0 rings (SSSR count). The molecule has 0 aromatic rings. The molecule has 0 spiro atoms. The van der Waals surface area contributed by atoms with Gasteiger partial charge in [-0.3, -0.25) is 9.59 Å². The fourth-order valence-corrected chi connectivity index (χ4v) is 0.619. The average Bonchev–Trinajstić information content (AvgIpc) is 2.13. The lowest BCUT2D eigenvalue weighted by molar-refractivity contribution is -0.146. The molecule has 1 unspecified atom stereocenters. The molecule has 0 amide bonds. The zero-order valence-electron chi connectivity index (χ0n) is 8.21. The summed E-state index contributed by atoms with van der Waals surface area (Å²) in [5.74, 6) is -0.415. The van der Waals surface area contributed by atoms with Gasteiger partial charge in [0.05, 0.1) is 6.61 Å². The van der Waals surface area contributed by atoms with Crippen molar-refractivity contribution in [3.63, 3.8) is 0 Å². The lowest BCUT2D eigenvalue weighted by Crippen LogP contribution is -2.13. The van der Waals surface area contributed by atoms with Crippen LogP contribution < -0.4 is 0 Å². The van der Waals surface area contributed by atoms with Crippen molar-refractivity contribution in [3.05, 3.63) is 12.7 Å². The molecule has 3 heteroatoms. The highest BCUT2D eigenvalue weighted by Gasteiger charge is 2.08. The molecule has 13 heavy (non-hydrogen) atoms. The number of ketones is 1. The van der Waals surface area contributed by atoms with E-state index < -0.39 is 5.97 Å². The highest BCUT2D eigenvalue weighted by Crippen LogP contribution is 2.01. The summed E-state index contributed by atoms with van der Waals surface area (Å²) in [5, 5.41) is 0. The average molecular weight is 184 g/mol. The Morgan fingerprint density at radius 3 is 2.62 bits per heavy atom. The third-order valence-electron chi connectivity index (χ3n) is 1.77. The van der Waals surface area contributed by atoms with E-state index in [0.29, 0.717) is 12.5 Å². The lowest BCUT2D eigenvalue weighted by Gasteiger charge is -2.08. The van der Waals surface area contributed by atoms with Crippen molar-refractivity contribution in [1.82, 2.24) is 0 Å². The number of carbonyl (C=O) groups excluding carboxylic acids is 2. The highest BCUT2D eigenvalue weighted by molar-refractivity contribution is 6.01. The fraction of sp³-hybridized carbons (Fsp3) is 0.600. The van der Waals surface area contributed by atoms with Crippen molar-refractivity contribution >= 4 is 11.8 Å². The first-order chi connectivity index (χ1) is 6.10. The predicted molar refractivity (Wildman–Crippen MR) is 50.2 cm³/mol. The lowest BCUT2D eigenvalue weighted by atomic mass is 10.1. The maximum absolute atomic E-state index is 10.9. The van der Waals surface area contributed by atoms with Gasteiger partial charge in [-0.05, 0) is 12.0 Å². The van der Waals surface area contributed by atoms with E-state index in [0.717, 1.165) is 12.5 Å². The van der Waals surface area contributed by atoms with Crippen molar-refractivity contribution in [1.29, 1.82) is 0 Å². The number of esters is 1. The zero-order chi connectivity index (χ0) is 10.3. The van der Waals surface area contributed by atoms with Gasteiger partial charge in [0.2, 0.25) is 0 Å². The van der Waals surface area contributed by atoms with Gasteiger partial charge in [-0.25, -0.2) is 0 Å². The quantitative estimate of drug-likeness (QED) is 0.358. The Kier molecular flexibility index (Phi) is 5.85. The fourth-order valence-electron chi connectivity index (χ4n) is 0.619. The zero-order valence-corrected chi connectivity index (χ0v) is 8.21. The predicted octanol–water partition coefficient (Wildman–Crippen LogP) is 1.72. The number of hydrogen-bond acceptors (Lipinski definition) is 3. The minimum atomic E-state index is -0.467. The summed E-state index contributed by atoms with van der Waals surface area (Å²) in [6, 6.07) is 0. The summed E-state index contributed by atoms with van der Waals surface area (Å²) in [5.41, 5.74) is 0. The topological polar surface area (TPSA) is 43.4 Å². The molecule has 0 fully saturated rings. The Hall–Kier alpha value is -1.12. The molecule has 0 aromatic carbocycles. The van der Waals surface area contributed by atoms with E-state index in [1.54, 1.807) is 0 Å². The molecule has 0 bridgehead atoms. The minimum Gasteiger partial charge on any atom is -0.465 e. The van der Waals surface area contributed by atoms with Crippen molar-refractivity contribution < 1.29 is 14.3 Å². The van der Waals surface area contributed by atoms with Gasteiger partial charge >= 0.3 is 5.97 Å². The van der Waals surface area contributed by atoms with Crippen molar-refractivity contribution in [2.24, 2.45) is 5.92 Å². The van der Waals surface area contributed by atoms with Crippen molar-refractivity contribution in [2.45, 2.75) is 26.7 Å². The van der Waals surface area contributed by atoms with Crippen molar-refractivity contribution in [2.75, 3.05) is 6.61 Å². The smallest absolute Gasteiger partial charge is 0.313 e. The molecule has 0 saturated heterocycles. The molecule has 0 aliphatic heterocycles. The Morgan fingerprint density at radius 2 is 2.15 bits per heavy atom. The maximum Gasteiger partial charge on any atom is 0.313 e. The molecule has 3 nitrogen and oxygen atoms in total. The van der Waals surface area contributed by atoms with Gasteiger partial charge in [0, 0.05) is 0 Å². The monoisotopic (exact) mass is 184 g/mol. The first kappa shape index (κ1) is 11.9. The molecule has 0 aliphatic carbocycles. The van der Waals surface area contributed by atoms with Gasteiger partial charge < -0.3 is 4.74 Å². The molecule has 0 aromatic heterocycles. The standard InChI is InChI=1S/C10H16O3/c1-4-8(3)7-13-10(12)6-9(11)5-2/h5,8H,2,4,6-7H2,1,3H3. The Labute approximate surface area is 78.8 Å². The van der Waals surface area contributed by atoms with Crippen LogP contribution in [-0.4, -0.2) is 18.4 Å². The molecule has 0 N–H and O–H groups in total. The second kappa shape index (κ2) is 6.40. The first-order valence-corrected chi connectivity index (χ1v) is 4.41. The van der Waals surface area contributed by atoms with Crippen LogP contribution in [0.2, 0.25) is 0 Å². The summed E-state index contributed by atoms with van der Waals surface area (Å²) < 4.78 is 4.86. The summed E-state index contributed by atoms with van der Waals surface area (Å²) in [6.45, 7) is 7.67. The Balaban J connectivity index is 3.63. The van der Waals surface area contributed by atoms with E-state index in [9.17, 15) is 9.59 Å². The molecular weight excluding hydrogens is 168 g/mol. The molecule has 0 radical (unpaired) electrons. The van der Waals surface area contributed by atoms with Crippen LogP contribution in [0, 0.1) is 5.92 Å². The van der Waals surface area contributed by atoms with E-state index in [1.807, 2.05) is 13.8 Å². The number of ether oxygens (including phenoxy) is 1. The van der Waals surface area contributed by atoms with E-state index in [4.69, 9.17) is 4.74 Å². The molecule has 0 aliphatic rings. The summed E-state index contributed by atoms with van der Waals surface area (Å²) in [7, 11) is 0. The van der Waals surface area contributed by atoms with Gasteiger partial charge in [-0.1, -0.05) is 26.8 Å². The Bertz CT molecular complexity index is 196. The van der Waals surface area contributed by atoms with Gasteiger partial charge in [0.1, 0.15) is 6.42 Å². The largest absolute Gasteiger partial charge is 0.465 e. The molecular formula is C10H16O3. The Morgan fingerprint density at radius 1 is 1.54 bits per heavy atom. The molecule has 74 valence electrons. The number of hydrogen-bond donors (Lipinski definition) is 0. The minimum absolute atomic E-state index is 0.195. The summed E-state index contributed by atoms with van der Waals surface area (Å²) in [6.07, 6.45) is 1.90. The van der Waals surface area contributed by atoms with Crippen LogP contribution in [0.25, 0.3) is 0 Å². The second-order valence-corrected chi connectivity index (χ2v) is 3.04. The van der Waals surface area contributed by atoms with E-state index in [2.05, 4.69) is 6.58 Å². The normalized spacial score (nSPS) is 11.8. The van der Waals surface area contributed by atoms with Gasteiger partial charge in [0.25, 0.3) is 0 Å². The van der Waals surface area contributed by atoms with Crippen LogP contribution in [0.4, 0.5) is 0 Å².